The maximum atomic E-state index is 9.82. The van der Waals surface area contributed by atoms with Crippen molar-refractivity contribution in [2.45, 2.75) is 64.6 Å². The molecular formula is C16H28O2. The van der Waals surface area contributed by atoms with Gasteiger partial charge in [0.05, 0.1) is 11.7 Å². The molecule has 1 saturated heterocycles. The molecule has 0 spiro atoms. The van der Waals surface area contributed by atoms with Crippen LogP contribution < -0.4 is 0 Å². The molecule has 1 aliphatic rings. The van der Waals surface area contributed by atoms with Crippen molar-refractivity contribution in [3.8, 4) is 0 Å². The predicted octanol–water partition coefficient (Wildman–Crippen LogP) is 3.86. The lowest BCUT2D eigenvalue weighted by Gasteiger charge is -2.27. The summed E-state index contributed by atoms with van der Waals surface area (Å²) >= 11 is 0. The second kappa shape index (κ2) is 7.10. The lowest BCUT2D eigenvalue weighted by atomic mass is 9.93. The van der Waals surface area contributed by atoms with E-state index in [1.807, 2.05) is 0 Å². The number of aliphatic hydroxyl groups is 1. The van der Waals surface area contributed by atoms with Crippen LogP contribution in [0.1, 0.15) is 52.9 Å². The molecule has 3 atom stereocenters. The molecule has 1 N–H and O–H groups in total. The van der Waals surface area contributed by atoms with Crippen LogP contribution >= 0.6 is 0 Å². The van der Waals surface area contributed by atoms with Gasteiger partial charge in [-0.2, -0.15) is 0 Å². The molecule has 0 bridgehead atoms. The van der Waals surface area contributed by atoms with Crippen molar-refractivity contribution in [1.29, 1.82) is 0 Å². The average Bonchev–Trinajstić information content (AvgIpc) is 2.28. The zero-order valence-electron chi connectivity index (χ0n) is 12.1. The second-order valence-electron chi connectivity index (χ2n) is 5.98. The lowest BCUT2D eigenvalue weighted by molar-refractivity contribution is -0.00409. The van der Waals surface area contributed by atoms with Gasteiger partial charge in [-0.3, -0.25) is 0 Å². The molecule has 1 heterocycles. The Balaban J connectivity index is 2.31. The number of rotatable bonds is 6. The first kappa shape index (κ1) is 15.5. The van der Waals surface area contributed by atoms with Gasteiger partial charge in [0.2, 0.25) is 0 Å². The van der Waals surface area contributed by atoms with Crippen molar-refractivity contribution in [2.24, 2.45) is 5.92 Å². The zero-order valence-corrected chi connectivity index (χ0v) is 12.1. The second-order valence-corrected chi connectivity index (χ2v) is 5.98. The molecular weight excluding hydrogens is 224 g/mol. The highest BCUT2D eigenvalue weighted by Gasteiger charge is 2.19. The van der Waals surface area contributed by atoms with E-state index in [1.165, 1.54) is 18.4 Å². The Morgan fingerprint density at radius 1 is 1.56 bits per heavy atom. The molecule has 1 fully saturated rings. The van der Waals surface area contributed by atoms with Gasteiger partial charge in [0.1, 0.15) is 0 Å². The molecule has 0 aromatic carbocycles. The molecule has 0 aromatic rings. The summed E-state index contributed by atoms with van der Waals surface area (Å²) in [5, 5.41) is 9.82. The van der Waals surface area contributed by atoms with E-state index in [-0.39, 0.29) is 0 Å². The Morgan fingerprint density at radius 3 is 2.89 bits per heavy atom. The molecule has 0 aromatic heterocycles. The van der Waals surface area contributed by atoms with Crippen LogP contribution in [0, 0.1) is 5.92 Å². The largest absolute Gasteiger partial charge is 0.386 e. The summed E-state index contributed by atoms with van der Waals surface area (Å²) in [6.45, 7) is 10.8. The van der Waals surface area contributed by atoms with Crippen LogP contribution in [-0.2, 0) is 4.74 Å². The van der Waals surface area contributed by atoms with Gasteiger partial charge in [0.25, 0.3) is 0 Å². The van der Waals surface area contributed by atoms with Crippen molar-refractivity contribution in [3.63, 3.8) is 0 Å². The SMILES string of the molecule is C=CC(C)(O)CCC=C(C)CC1CC(C)CCO1. The van der Waals surface area contributed by atoms with Crippen LogP contribution in [0.3, 0.4) is 0 Å². The Bertz CT molecular complexity index is 291. The van der Waals surface area contributed by atoms with Crippen LogP contribution in [0.15, 0.2) is 24.3 Å². The minimum absolute atomic E-state index is 0.393. The van der Waals surface area contributed by atoms with Crippen molar-refractivity contribution in [3.05, 3.63) is 24.3 Å². The van der Waals surface area contributed by atoms with E-state index >= 15 is 0 Å². The molecule has 0 aliphatic carbocycles. The fraction of sp³-hybridized carbons (Fsp3) is 0.750. The van der Waals surface area contributed by atoms with Gasteiger partial charge in [-0.15, -0.1) is 6.58 Å². The maximum Gasteiger partial charge on any atom is 0.0800 e. The molecule has 1 aliphatic heterocycles. The Morgan fingerprint density at radius 2 is 2.28 bits per heavy atom. The van der Waals surface area contributed by atoms with Crippen LogP contribution in [0.2, 0.25) is 0 Å². The van der Waals surface area contributed by atoms with Gasteiger partial charge < -0.3 is 9.84 Å². The van der Waals surface area contributed by atoms with Crippen molar-refractivity contribution >= 4 is 0 Å². The van der Waals surface area contributed by atoms with Gasteiger partial charge >= 0.3 is 0 Å². The molecule has 18 heavy (non-hydrogen) atoms. The molecule has 0 amide bonds. The fourth-order valence-corrected chi connectivity index (χ4v) is 2.37. The summed E-state index contributed by atoms with van der Waals surface area (Å²) in [4.78, 5) is 0. The van der Waals surface area contributed by atoms with E-state index in [0.29, 0.717) is 6.10 Å². The Labute approximate surface area is 112 Å². The standard InChI is InChI=1S/C16H28O2/c1-5-16(4,17)9-6-7-13(2)11-15-12-14(3)8-10-18-15/h5,7,14-15,17H,1,6,8-12H2,2-4H3. The summed E-state index contributed by atoms with van der Waals surface area (Å²) in [5.41, 5.74) is 0.626. The van der Waals surface area contributed by atoms with Crippen LogP contribution in [0.4, 0.5) is 0 Å². The van der Waals surface area contributed by atoms with Gasteiger partial charge in [0, 0.05) is 6.61 Å². The molecule has 104 valence electrons. The quantitative estimate of drug-likeness (QED) is 0.727. The van der Waals surface area contributed by atoms with Crippen LogP contribution in [-0.4, -0.2) is 23.4 Å². The zero-order chi connectivity index (χ0) is 13.6. The highest BCUT2D eigenvalue weighted by atomic mass is 16.5. The van der Waals surface area contributed by atoms with Crippen molar-refractivity contribution < 1.29 is 9.84 Å². The van der Waals surface area contributed by atoms with Crippen molar-refractivity contribution in [2.75, 3.05) is 6.61 Å². The van der Waals surface area contributed by atoms with E-state index in [2.05, 4.69) is 26.5 Å². The maximum absolute atomic E-state index is 9.82. The minimum Gasteiger partial charge on any atom is -0.386 e. The fourth-order valence-electron chi connectivity index (χ4n) is 2.37. The highest BCUT2D eigenvalue weighted by Crippen LogP contribution is 2.24. The van der Waals surface area contributed by atoms with E-state index in [0.717, 1.165) is 31.8 Å². The first-order chi connectivity index (χ1) is 8.43. The average molecular weight is 252 g/mol. The third-order valence-corrected chi connectivity index (χ3v) is 3.76. The highest BCUT2D eigenvalue weighted by molar-refractivity contribution is 5.02. The van der Waals surface area contributed by atoms with E-state index in [9.17, 15) is 5.11 Å². The Hall–Kier alpha value is -0.600. The lowest BCUT2D eigenvalue weighted by Crippen LogP contribution is -2.24. The molecule has 0 radical (unpaired) electrons. The molecule has 0 saturated carbocycles. The van der Waals surface area contributed by atoms with Gasteiger partial charge in [-0.05, 0) is 51.9 Å². The summed E-state index contributed by atoms with van der Waals surface area (Å²) in [7, 11) is 0. The number of hydrogen-bond acceptors (Lipinski definition) is 2. The molecule has 2 heteroatoms. The first-order valence-corrected chi connectivity index (χ1v) is 7.06. The summed E-state index contributed by atoms with van der Waals surface area (Å²) in [6.07, 6.45) is 9.26. The molecule has 2 nitrogen and oxygen atoms in total. The van der Waals surface area contributed by atoms with Gasteiger partial charge in [-0.1, -0.05) is 24.6 Å². The Kier molecular flexibility index (Phi) is 6.10. The minimum atomic E-state index is -0.743. The smallest absolute Gasteiger partial charge is 0.0800 e. The van der Waals surface area contributed by atoms with Crippen LogP contribution in [0.25, 0.3) is 0 Å². The van der Waals surface area contributed by atoms with E-state index in [1.54, 1.807) is 13.0 Å². The van der Waals surface area contributed by atoms with Gasteiger partial charge in [-0.25, -0.2) is 0 Å². The van der Waals surface area contributed by atoms with Gasteiger partial charge in [0.15, 0.2) is 0 Å². The van der Waals surface area contributed by atoms with Crippen LogP contribution in [0.5, 0.6) is 0 Å². The number of hydrogen-bond donors (Lipinski definition) is 1. The van der Waals surface area contributed by atoms with Crippen molar-refractivity contribution in [1.82, 2.24) is 0 Å². The molecule has 1 rings (SSSR count). The van der Waals surface area contributed by atoms with E-state index in [4.69, 9.17) is 4.74 Å². The molecule has 3 unspecified atom stereocenters. The third kappa shape index (κ3) is 5.83. The first-order valence-electron chi connectivity index (χ1n) is 7.06. The number of allylic oxidation sites excluding steroid dienone is 1. The predicted molar refractivity (Wildman–Crippen MR) is 76.6 cm³/mol. The summed E-state index contributed by atoms with van der Waals surface area (Å²) in [6, 6.07) is 0. The number of ether oxygens (including phenoxy) is 1. The topological polar surface area (TPSA) is 29.5 Å². The van der Waals surface area contributed by atoms with E-state index < -0.39 is 5.60 Å². The summed E-state index contributed by atoms with van der Waals surface area (Å²) < 4.78 is 5.78. The summed E-state index contributed by atoms with van der Waals surface area (Å²) in [5.74, 6) is 0.790. The third-order valence-electron chi connectivity index (χ3n) is 3.76. The normalized spacial score (nSPS) is 28.8. The monoisotopic (exact) mass is 252 g/mol.